The first-order valence-electron chi connectivity index (χ1n) is 9.74. The van der Waals surface area contributed by atoms with Gasteiger partial charge < -0.3 is 14.5 Å². The number of fused-ring (bicyclic) bond motifs is 2. The van der Waals surface area contributed by atoms with Gasteiger partial charge in [-0.05, 0) is 53.6 Å². The molecule has 3 aromatic carbocycles. The molecule has 0 fully saturated rings. The smallest absolute Gasteiger partial charge is 0.260 e. The molecular weight excluding hydrogens is 494 g/mol. The van der Waals surface area contributed by atoms with Crippen molar-refractivity contribution < 1.29 is 14.3 Å². The number of H-pyrrole nitrogens is 1. The number of allylic oxidation sites excluding steroid dienone is 1. The SMILES string of the molecule is O=C(C=Cc1cc2c(cc1Br)OCO2)c1c(-c2ccccc2)c2cc(Cl)ccc2[nH]c1=O. The van der Waals surface area contributed by atoms with Crippen molar-refractivity contribution in [3.05, 3.63) is 97.7 Å². The molecule has 7 heteroatoms. The molecular formula is C25H15BrClNO4. The lowest BCUT2D eigenvalue weighted by molar-refractivity contribution is 0.104. The van der Waals surface area contributed by atoms with E-state index in [0.29, 0.717) is 33.0 Å². The highest BCUT2D eigenvalue weighted by molar-refractivity contribution is 9.10. The van der Waals surface area contributed by atoms with Crippen LogP contribution in [0.2, 0.25) is 5.02 Å². The Hall–Kier alpha value is -3.35. The molecule has 0 unspecified atom stereocenters. The number of aromatic nitrogens is 1. The maximum Gasteiger partial charge on any atom is 0.260 e. The number of benzene rings is 3. The monoisotopic (exact) mass is 507 g/mol. The van der Waals surface area contributed by atoms with Gasteiger partial charge in [-0.25, -0.2) is 0 Å². The maximum atomic E-state index is 13.3. The van der Waals surface area contributed by atoms with Crippen molar-refractivity contribution in [1.82, 2.24) is 4.98 Å². The van der Waals surface area contributed by atoms with E-state index in [2.05, 4.69) is 20.9 Å². The molecule has 0 atom stereocenters. The number of aromatic amines is 1. The summed E-state index contributed by atoms with van der Waals surface area (Å²) in [6.07, 6.45) is 3.03. The fourth-order valence-corrected chi connectivity index (χ4v) is 4.34. The number of pyridine rings is 1. The molecule has 0 bridgehead atoms. The summed E-state index contributed by atoms with van der Waals surface area (Å²) in [5.74, 6) is 0.814. The van der Waals surface area contributed by atoms with Crippen LogP contribution in [0.5, 0.6) is 11.5 Å². The molecule has 0 amide bonds. The summed E-state index contributed by atoms with van der Waals surface area (Å²) >= 11 is 9.72. The van der Waals surface area contributed by atoms with E-state index in [4.69, 9.17) is 21.1 Å². The van der Waals surface area contributed by atoms with Crippen molar-refractivity contribution in [3.8, 4) is 22.6 Å². The highest BCUT2D eigenvalue weighted by Gasteiger charge is 2.20. The Morgan fingerprint density at radius 1 is 1.03 bits per heavy atom. The first-order chi connectivity index (χ1) is 15.5. The van der Waals surface area contributed by atoms with E-state index in [1.165, 1.54) is 6.08 Å². The Bertz CT molecular complexity index is 1460. The van der Waals surface area contributed by atoms with Crippen LogP contribution in [0, 0.1) is 0 Å². The van der Waals surface area contributed by atoms with Crippen LogP contribution in [0.15, 0.2) is 76.0 Å². The van der Waals surface area contributed by atoms with Crippen LogP contribution in [0.1, 0.15) is 15.9 Å². The van der Waals surface area contributed by atoms with Crippen molar-refractivity contribution in [3.63, 3.8) is 0 Å². The lowest BCUT2D eigenvalue weighted by atomic mass is 9.94. The minimum Gasteiger partial charge on any atom is -0.454 e. The normalized spacial score (nSPS) is 12.6. The summed E-state index contributed by atoms with van der Waals surface area (Å²) in [4.78, 5) is 29.1. The van der Waals surface area contributed by atoms with Gasteiger partial charge in [0, 0.05) is 26.0 Å². The molecule has 5 nitrogen and oxygen atoms in total. The number of carbonyl (C=O) groups is 1. The highest BCUT2D eigenvalue weighted by Crippen LogP contribution is 2.37. The summed E-state index contributed by atoms with van der Waals surface area (Å²) in [6, 6.07) is 18.1. The Labute approximate surface area is 196 Å². The third-order valence-corrected chi connectivity index (χ3v) is 6.11. The molecule has 0 aliphatic carbocycles. The highest BCUT2D eigenvalue weighted by atomic mass is 79.9. The predicted octanol–water partition coefficient (Wildman–Crippen LogP) is 6.24. The first-order valence-corrected chi connectivity index (χ1v) is 10.9. The van der Waals surface area contributed by atoms with Crippen molar-refractivity contribution in [2.75, 3.05) is 6.79 Å². The zero-order valence-electron chi connectivity index (χ0n) is 16.5. The topological polar surface area (TPSA) is 68.4 Å². The van der Waals surface area contributed by atoms with E-state index in [1.807, 2.05) is 30.3 Å². The maximum absolute atomic E-state index is 13.3. The molecule has 1 aromatic heterocycles. The average molecular weight is 509 g/mol. The summed E-state index contributed by atoms with van der Waals surface area (Å²) in [5, 5.41) is 1.21. The number of rotatable bonds is 4. The van der Waals surface area contributed by atoms with Crippen LogP contribution in [-0.4, -0.2) is 17.6 Å². The first kappa shape index (κ1) is 20.5. The molecule has 4 aromatic rings. The second kappa shape index (κ2) is 8.30. The standard InChI is InChI=1S/C25H15BrClNO4/c26-18-12-22-21(31-13-32-22)10-15(18)6-9-20(29)24-23(14-4-2-1-3-5-14)17-11-16(27)7-8-19(17)28-25(24)30/h1-12H,13H2,(H,28,30). The van der Waals surface area contributed by atoms with Crippen LogP contribution in [0.4, 0.5) is 0 Å². The van der Waals surface area contributed by atoms with E-state index in [-0.39, 0.29) is 12.4 Å². The molecule has 5 rings (SSSR count). The van der Waals surface area contributed by atoms with Crippen LogP contribution in [-0.2, 0) is 0 Å². The van der Waals surface area contributed by atoms with E-state index < -0.39 is 11.3 Å². The second-order valence-electron chi connectivity index (χ2n) is 7.18. The van der Waals surface area contributed by atoms with E-state index in [1.54, 1.807) is 36.4 Å². The van der Waals surface area contributed by atoms with Gasteiger partial charge >= 0.3 is 0 Å². The Morgan fingerprint density at radius 2 is 1.78 bits per heavy atom. The lowest BCUT2D eigenvalue weighted by Crippen LogP contribution is -2.18. The Morgan fingerprint density at radius 3 is 2.56 bits per heavy atom. The molecule has 32 heavy (non-hydrogen) atoms. The van der Waals surface area contributed by atoms with Gasteiger partial charge in [-0.2, -0.15) is 0 Å². The fraction of sp³-hybridized carbons (Fsp3) is 0.0400. The van der Waals surface area contributed by atoms with Gasteiger partial charge in [0.2, 0.25) is 6.79 Å². The molecule has 1 aliphatic heterocycles. The van der Waals surface area contributed by atoms with Crippen LogP contribution in [0.3, 0.4) is 0 Å². The van der Waals surface area contributed by atoms with Crippen molar-refractivity contribution in [2.45, 2.75) is 0 Å². The zero-order valence-corrected chi connectivity index (χ0v) is 18.9. The molecule has 0 radical (unpaired) electrons. The van der Waals surface area contributed by atoms with Gasteiger partial charge in [-0.3, -0.25) is 9.59 Å². The summed E-state index contributed by atoms with van der Waals surface area (Å²) < 4.78 is 11.5. The van der Waals surface area contributed by atoms with Crippen LogP contribution < -0.4 is 15.0 Å². The van der Waals surface area contributed by atoms with Gasteiger partial charge in [0.15, 0.2) is 17.3 Å². The summed E-state index contributed by atoms with van der Waals surface area (Å²) in [5.41, 5.74) is 2.23. The van der Waals surface area contributed by atoms with Crippen LogP contribution in [0.25, 0.3) is 28.1 Å². The van der Waals surface area contributed by atoms with Crippen molar-refractivity contribution in [1.29, 1.82) is 0 Å². The Kier molecular flexibility index (Phi) is 5.33. The molecule has 0 spiro atoms. The van der Waals surface area contributed by atoms with Gasteiger partial charge in [0.25, 0.3) is 5.56 Å². The molecule has 1 N–H and O–H groups in total. The van der Waals surface area contributed by atoms with E-state index in [9.17, 15) is 9.59 Å². The minimum atomic E-state index is -0.460. The Balaban J connectivity index is 1.65. The summed E-state index contributed by atoms with van der Waals surface area (Å²) in [7, 11) is 0. The number of hydrogen-bond acceptors (Lipinski definition) is 4. The van der Waals surface area contributed by atoms with Crippen molar-refractivity contribution in [2.24, 2.45) is 0 Å². The van der Waals surface area contributed by atoms with E-state index in [0.717, 1.165) is 15.6 Å². The fourth-order valence-electron chi connectivity index (χ4n) is 3.71. The predicted molar refractivity (Wildman–Crippen MR) is 129 cm³/mol. The number of nitrogens with one attached hydrogen (secondary N) is 1. The van der Waals surface area contributed by atoms with Gasteiger partial charge in [0.05, 0.1) is 5.56 Å². The largest absolute Gasteiger partial charge is 0.454 e. The number of halogens is 2. The van der Waals surface area contributed by atoms with Gasteiger partial charge in [-0.1, -0.05) is 57.9 Å². The second-order valence-corrected chi connectivity index (χ2v) is 8.48. The van der Waals surface area contributed by atoms with Gasteiger partial charge in [-0.15, -0.1) is 0 Å². The molecule has 0 saturated carbocycles. The average Bonchev–Trinajstić information content (AvgIpc) is 3.24. The van der Waals surface area contributed by atoms with Gasteiger partial charge in [0.1, 0.15) is 0 Å². The summed E-state index contributed by atoms with van der Waals surface area (Å²) in [6.45, 7) is 0.156. The number of carbonyl (C=O) groups excluding carboxylic acids is 1. The lowest BCUT2D eigenvalue weighted by Gasteiger charge is -2.12. The van der Waals surface area contributed by atoms with E-state index >= 15 is 0 Å². The molecule has 0 saturated heterocycles. The number of ketones is 1. The minimum absolute atomic E-state index is 0.0547. The third-order valence-electron chi connectivity index (χ3n) is 5.19. The number of ether oxygens (including phenoxy) is 2. The molecule has 2 heterocycles. The quantitative estimate of drug-likeness (QED) is 0.262. The van der Waals surface area contributed by atoms with Crippen LogP contribution >= 0.6 is 27.5 Å². The van der Waals surface area contributed by atoms with Crippen molar-refractivity contribution >= 4 is 50.3 Å². The third kappa shape index (κ3) is 3.72. The zero-order chi connectivity index (χ0) is 22.2. The molecule has 158 valence electrons. The number of hydrogen-bond donors (Lipinski definition) is 1. The molecule has 1 aliphatic rings.